The van der Waals surface area contributed by atoms with Crippen LogP contribution in [0.4, 0.5) is 13.2 Å². The summed E-state index contributed by atoms with van der Waals surface area (Å²) in [5, 5.41) is 4.22. The molecule has 0 unspecified atom stereocenters. The summed E-state index contributed by atoms with van der Waals surface area (Å²) in [5.74, 6) is -0.905. The van der Waals surface area contributed by atoms with Gasteiger partial charge in [0, 0.05) is 18.7 Å². The van der Waals surface area contributed by atoms with Crippen molar-refractivity contribution >= 4 is 15.9 Å². The van der Waals surface area contributed by atoms with Crippen LogP contribution in [0.3, 0.4) is 0 Å². The molecule has 1 aromatic carbocycles. The standard InChI is InChI=1S/C12H13F3N2O4S/c13-12(14,15)21-9-3-1-8(2-4-9)11(18)17-6-5-10(7-17)22(16,19)20/h1-4,10H,5-7H2,(H2,16,19,20)/t10-/m0/s1. The van der Waals surface area contributed by atoms with Gasteiger partial charge in [0.1, 0.15) is 5.75 Å². The Hall–Kier alpha value is -1.81. The number of rotatable bonds is 3. The number of ether oxygens (including phenoxy) is 1. The molecule has 1 aliphatic heterocycles. The van der Waals surface area contributed by atoms with E-state index < -0.39 is 33.3 Å². The molecule has 0 aromatic heterocycles. The Morgan fingerprint density at radius 2 is 1.86 bits per heavy atom. The molecule has 0 radical (unpaired) electrons. The number of nitrogens with two attached hydrogens (primary N) is 1. The van der Waals surface area contributed by atoms with Crippen LogP contribution >= 0.6 is 0 Å². The lowest BCUT2D eigenvalue weighted by molar-refractivity contribution is -0.274. The molecule has 1 saturated heterocycles. The van der Waals surface area contributed by atoms with Crippen molar-refractivity contribution in [2.45, 2.75) is 18.0 Å². The first-order valence-electron chi connectivity index (χ1n) is 6.23. The van der Waals surface area contributed by atoms with Gasteiger partial charge in [-0.2, -0.15) is 0 Å². The van der Waals surface area contributed by atoms with Crippen LogP contribution in [0, 0.1) is 0 Å². The summed E-state index contributed by atoms with van der Waals surface area (Å²) in [6.07, 6.45) is -4.57. The topological polar surface area (TPSA) is 89.7 Å². The van der Waals surface area contributed by atoms with E-state index in [4.69, 9.17) is 5.14 Å². The number of carbonyl (C=O) groups is 1. The van der Waals surface area contributed by atoms with E-state index in [2.05, 4.69) is 4.74 Å². The second-order valence-electron chi connectivity index (χ2n) is 4.82. The van der Waals surface area contributed by atoms with Crippen molar-refractivity contribution in [3.05, 3.63) is 29.8 Å². The van der Waals surface area contributed by atoms with Crippen molar-refractivity contribution in [1.82, 2.24) is 4.90 Å². The molecule has 0 saturated carbocycles. The first-order chi connectivity index (χ1) is 10.1. The monoisotopic (exact) mass is 338 g/mol. The number of hydrogen-bond acceptors (Lipinski definition) is 4. The molecule has 1 atom stereocenters. The van der Waals surface area contributed by atoms with Crippen LogP contribution in [0.25, 0.3) is 0 Å². The number of hydrogen-bond donors (Lipinski definition) is 1. The van der Waals surface area contributed by atoms with Gasteiger partial charge >= 0.3 is 6.36 Å². The predicted octanol–water partition coefficient (Wildman–Crippen LogP) is 1.09. The fraction of sp³-hybridized carbons (Fsp3) is 0.417. The highest BCUT2D eigenvalue weighted by atomic mass is 32.2. The summed E-state index contributed by atoms with van der Waals surface area (Å²) in [6.45, 7) is 0.194. The quantitative estimate of drug-likeness (QED) is 0.893. The van der Waals surface area contributed by atoms with E-state index in [0.29, 0.717) is 0 Å². The van der Waals surface area contributed by atoms with Crippen LogP contribution in [0.2, 0.25) is 0 Å². The molecule has 22 heavy (non-hydrogen) atoms. The SMILES string of the molecule is NS(=O)(=O)[C@H]1CCN(C(=O)c2ccc(OC(F)(F)F)cc2)C1. The molecule has 0 aliphatic carbocycles. The van der Waals surface area contributed by atoms with Crippen molar-refractivity contribution in [3.8, 4) is 5.75 Å². The number of alkyl halides is 3. The zero-order valence-electron chi connectivity index (χ0n) is 11.2. The van der Waals surface area contributed by atoms with E-state index in [1.165, 1.54) is 17.0 Å². The fourth-order valence-electron chi connectivity index (χ4n) is 2.16. The van der Waals surface area contributed by atoms with E-state index in [-0.39, 0.29) is 25.1 Å². The number of sulfonamides is 1. The highest BCUT2D eigenvalue weighted by molar-refractivity contribution is 7.89. The highest BCUT2D eigenvalue weighted by Crippen LogP contribution is 2.24. The van der Waals surface area contributed by atoms with Crippen LogP contribution < -0.4 is 9.88 Å². The molecule has 2 rings (SSSR count). The first kappa shape index (κ1) is 16.6. The molecule has 1 aliphatic rings. The second kappa shape index (κ2) is 5.76. The van der Waals surface area contributed by atoms with E-state index in [0.717, 1.165) is 12.1 Å². The van der Waals surface area contributed by atoms with Gasteiger partial charge in [0.05, 0.1) is 5.25 Å². The minimum absolute atomic E-state index is 0.0293. The number of benzene rings is 1. The maximum Gasteiger partial charge on any atom is 0.573 e. The molecule has 0 bridgehead atoms. The van der Waals surface area contributed by atoms with Crippen LogP contribution in [0.15, 0.2) is 24.3 Å². The third-order valence-corrected chi connectivity index (χ3v) is 4.55. The molecular weight excluding hydrogens is 325 g/mol. The molecule has 1 aromatic rings. The molecule has 0 spiro atoms. The number of nitrogens with zero attached hydrogens (tertiary/aromatic N) is 1. The van der Waals surface area contributed by atoms with Crippen molar-refractivity contribution in [3.63, 3.8) is 0 Å². The molecule has 10 heteroatoms. The maximum atomic E-state index is 12.1. The van der Waals surface area contributed by atoms with Gasteiger partial charge in [0.15, 0.2) is 0 Å². The summed E-state index contributed by atoms with van der Waals surface area (Å²) in [4.78, 5) is 13.4. The van der Waals surface area contributed by atoms with Gasteiger partial charge in [0.2, 0.25) is 10.0 Å². The molecule has 6 nitrogen and oxygen atoms in total. The Bertz CT molecular complexity index is 658. The van der Waals surface area contributed by atoms with Gasteiger partial charge < -0.3 is 9.64 Å². The lowest BCUT2D eigenvalue weighted by atomic mass is 10.2. The third kappa shape index (κ3) is 4.10. The van der Waals surface area contributed by atoms with Gasteiger partial charge in [-0.1, -0.05) is 0 Å². The van der Waals surface area contributed by atoms with E-state index >= 15 is 0 Å². The Morgan fingerprint density at radius 3 is 2.32 bits per heavy atom. The van der Waals surface area contributed by atoms with Crippen molar-refractivity contribution in [1.29, 1.82) is 0 Å². The lowest BCUT2D eigenvalue weighted by Gasteiger charge is -2.16. The number of amides is 1. The van der Waals surface area contributed by atoms with E-state index in [9.17, 15) is 26.4 Å². The van der Waals surface area contributed by atoms with E-state index in [1.54, 1.807) is 0 Å². The zero-order valence-corrected chi connectivity index (χ0v) is 12.0. The van der Waals surface area contributed by atoms with E-state index in [1.807, 2.05) is 0 Å². The lowest BCUT2D eigenvalue weighted by Crippen LogP contribution is -2.34. The normalized spacial score (nSPS) is 19.3. The Balaban J connectivity index is 2.05. The van der Waals surface area contributed by atoms with Crippen molar-refractivity contribution in [2.24, 2.45) is 5.14 Å². The number of carbonyl (C=O) groups excluding carboxylic acids is 1. The fourth-order valence-corrected chi connectivity index (χ4v) is 2.98. The van der Waals surface area contributed by atoms with Gasteiger partial charge in [-0.3, -0.25) is 4.79 Å². The van der Waals surface area contributed by atoms with Crippen LogP contribution in [0.5, 0.6) is 5.75 Å². The molecule has 1 amide bonds. The summed E-state index contributed by atoms with van der Waals surface area (Å²) >= 11 is 0. The third-order valence-electron chi connectivity index (χ3n) is 3.23. The van der Waals surface area contributed by atoms with Gasteiger partial charge in [-0.25, -0.2) is 13.6 Å². The molecule has 1 fully saturated rings. The Labute approximate surface area is 124 Å². The zero-order chi connectivity index (χ0) is 16.5. The van der Waals surface area contributed by atoms with Gasteiger partial charge in [-0.05, 0) is 30.7 Å². The first-order valence-corrected chi connectivity index (χ1v) is 7.84. The van der Waals surface area contributed by atoms with Crippen LogP contribution in [0.1, 0.15) is 16.8 Å². The summed E-state index contributed by atoms with van der Waals surface area (Å²) in [7, 11) is -3.72. The van der Waals surface area contributed by atoms with Crippen LogP contribution in [-0.2, 0) is 10.0 Å². The maximum absolute atomic E-state index is 12.1. The summed E-state index contributed by atoms with van der Waals surface area (Å²) < 4.78 is 62.3. The summed E-state index contributed by atoms with van der Waals surface area (Å²) in [5.41, 5.74) is 0.143. The predicted molar refractivity (Wildman–Crippen MR) is 70.5 cm³/mol. The molecule has 122 valence electrons. The molecule has 2 N–H and O–H groups in total. The summed E-state index contributed by atoms with van der Waals surface area (Å²) in [6, 6.07) is 4.42. The second-order valence-corrected chi connectivity index (χ2v) is 6.67. The molecular formula is C12H13F3N2O4S. The van der Waals surface area contributed by atoms with Crippen molar-refractivity contribution in [2.75, 3.05) is 13.1 Å². The average Bonchev–Trinajstić information content (AvgIpc) is 2.86. The minimum Gasteiger partial charge on any atom is -0.406 e. The van der Waals surface area contributed by atoms with Gasteiger partial charge in [0.25, 0.3) is 5.91 Å². The number of halogens is 3. The van der Waals surface area contributed by atoms with Crippen molar-refractivity contribution < 1.29 is 31.1 Å². The average molecular weight is 338 g/mol. The minimum atomic E-state index is -4.80. The number of primary sulfonamides is 1. The number of likely N-dealkylation sites (tertiary alicyclic amines) is 1. The Kier molecular flexibility index (Phi) is 4.34. The smallest absolute Gasteiger partial charge is 0.406 e. The Morgan fingerprint density at radius 1 is 1.27 bits per heavy atom. The highest BCUT2D eigenvalue weighted by Gasteiger charge is 2.34. The van der Waals surface area contributed by atoms with Crippen LogP contribution in [-0.4, -0.2) is 43.9 Å². The van der Waals surface area contributed by atoms with Gasteiger partial charge in [-0.15, -0.1) is 13.2 Å². The largest absolute Gasteiger partial charge is 0.573 e. The molecule has 1 heterocycles.